The summed E-state index contributed by atoms with van der Waals surface area (Å²) in [7, 11) is 0. The monoisotopic (exact) mass is 487 g/mol. The van der Waals surface area contributed by atoms with Gasteiger partial charge in [0.25, 0.3) is 0 Å². The molecule has 1 heterocycles. The van der Waals surface area contributed by atoms with Crippen molar-refractivity contribution in [2.75, 3.05) is 4.90 Å². The van der Waals surface area contributed by atoms with Crippen molar-refractivity contribution in [1.29, 1.82) is 0 Å². The van der Waals surface area contributed by atoms with E-state index in [9.17, 15) is 0 Å². The summed E-state index contributed by atoms with van der Waals surface area (Å²) in [5, 5.41) is 0. The van der Waals surface area contributed by atoms with Gasteiger partial charge in [-0.15, -0.1) is 0 Å². The molecule has 0 aromatic heterocycles. The van der Waals surface area contributed by atoms with Crippen LogP contribution in [0, 0.1) is 0 Å². The van der Waals surface area contributed by atoms with Gasteiger partial charge in [-0.3, -0.25) is 0 Å². The van der Waals surface area contributed by atoms with E-state index in [0.29, 0.717) is 0 Å². The van der Waals surface area contributed by atoms with Crippen LogP contribution in [0.3, 0.4) is 0 Å². The standard InChI is InChI=1S/C36H25NO/c1-3-11-26(12-4-1)29-23-30(27-13-5-2-6-14-27)25-31(24-29)28-19-21-32(22-20-28)37-33-15-7-9-17-35(33)38-36-18-10-8-16-34(36)37/h1-25H. The van der Waals surface area contributed by atoms with Gasteiger partial charge in [-0.25, -0.2) is 0 Å². The Hall–Kier alpha value is -5.08. The van der Waals surface area contributed by atoms with Gasteiger partial charge in [-0.2, -0.15) is 0 Å². The number of anilines is 3. The average Bonchev–Trinajstić information content (AvgIpc) is 3.00. The number of ether oxygens (including phenoxy) is 1. The molecule has 7 rings (SSSR count). The molecule has 0 unspecified atom stereocenters. The van der Waals surface area contributed by atoms with Crippen LogP contribution in [0.25, 0.3) is 33.4 Å². The minimum Gasteiger partial charge on any atom is -0.453 e. The zero-order valence-corrected chi connectivity index (χ0v) is 20.8. The molecule has 0 aliphatic carbocycles. The molecule has 0 N–H and O–H groups in total. The van der Waals surface area contributed by atoms with Gasteiger partial charge in [0.2, 0.25) is 0 Å². The Kier molecular flexibility index (Phi) is 5.49. The number of fused-ring (bicyclic) bond motifs is 2. The van der Waals surface area contributed by atoms with E-state index in [1.807, 2.05) is 24.3 Å². The summed E-state index contributed by atoms with van der Waals surface area (Å²) in [6.45, 7) is 0. The SMILES string of the molecule is c1ccc(-c2cc(-c3ccccc3)cc(-c3ccc(N4c5ccccc5Oc5ccccc54)cc3)c2)cc1. The fraction of sp³-hybridized carbons (Fsp3) is 0. The van der Waals surface area contributed by atoms with Crippen LogP contribution >= 0.6 is 0 Å². The maximum Gasteiger partial charge on any atom is 0.151 e. The predicted octanol–water partition coefficient (Wildman–Crippen LogP) is 10.3. The third kappa shape index (κ3) is 4.03. The van der Waals surface area contributed by atoms with Gasteiger partial charge in [0, 0.05) is 5.69 Å². The van der Waals surface area contributed by atoms with E-state index in [2.05, 4.69) is 132 Å². The molecule has 2 heteroatoms. The van der Waals surface area contributed by atoms with Crippen molar-refractivity contribution in [2.45, 2.75) is 0 Å². The lowest BCUT2D eigenvalue weighted by atomic mass is 9.93. The third-order valence-corrected chi connectivity index (χ3v) is 7.04. The molecular weight excluding hydrogens is 462 g/mol. The fourth-order valence-corrected chi connectivity index (χ4v) is 5.17. The Labute approximate surface area is 223 Å². The topological polar surface area (TPSA) is 12.5 Å². The normalized spacial score (nSPS) is 11.8. The summed E-state index contributed by atoms with van der Waals surface area (Å²) in [5.74, 6) is 1.72. The zero-order valence-electron chi connectivity index (χ0n) is 20.8. The summed E-state index contributed by atoms with van der Waals surface area (Å²) in [4.78, 5) is 2.27. The molecule has 0 fully saturated rings. The van der Waals surface area contributed by atoms with E-state index in [0.717, 1.165) is 28.6 Å². The summed E-state index contributed by atoms with van der Waals surface area (Å²) in [5.41, 5.74) is 10.4. The lowest BCUT2D eigenvalue weighted by Crippen LogP contribution is -2.15. The molecular formula is C36H25NO. The largest absolute Gasteiger partial charge is 0.453 e. The van der Waals surface area contributed by atoms with E-state index >= 15 is 0 Å². The first-order chi connectivity index (χ1) is 18.8. The molecule has 6 aromatic carbocycles. The molecule has 0 bridgehead atoms. The molecule has 0 saturated heterocycles. The molecule has 0 atom stereocenters. The minimum absolute atomic E-state index is 0.860. The highest BCUT2D eigenvalue weighted by Gasteiger charge is 2.25. The Morgan fingerprint density at radius 3 is 1.21 bits per heavy atom. The maximum absolute atomic E-state index is 6.19. The van der Waals surface area contributed by atoms with Crippen molar-refractivity contribution in [1.82, 2.24) is 0 Å². The van der Waals surface area contributed by atoms with Gasteiger partial charge in [0.1, 0.15) is 0 Å². The number of hydrogen-bond donors (Lipinski definition) is 0. The molecule has 1 aliphatic heterocycles. The van der Waals surface area contributed by atoms with Crippen molar-refractivity contribution in [2.24, 2.45) is 0 Å². The highest BCUT2D eigenvalue weighted by atomic mass is 16.5. The van der Waals surface area contributed by atoms with E-state index in [1.165, 1.54) is 33.4 Å². The highest BCUT2D eigenvalue weighted by molar-refractivity contribution is 5.87. The quantitative estimate of drug-likeness (QED) is 0.245. The van der Waals surface area contributed by atoms with Crippen LogP contribution in [-0.2, 0) is 0 Å². The number of benzene rings is 6. The van der Waals surface area contributed by atoms with Crippen molar-refractivity contribution >= 4 is 17.1 Å². The Morgan fingerprint density at radius 2 is 0.737 bits per heavy atom. The smallest absolute Gasteiger partial charge is 0.151 e. The first-order valence-corrected chi connectivity index (χ1v) is 12.9. The first-order valence-electron chi connectivity index (χ1n) is 12.9. The van der Waals surface area contributed by atoms with Crippen LogP contribution in [0.5, 0.6) is 11.5 Å². The molecule has 0 saturated carbocycles. The molecule has 180 valence electrons. The number of hydrogen-bond acceptors (Lipinski definition) is 2. The average molecular weight is 488 g/mol. The summed E-state index contributed by atoms with van der Waals surface area (Å²) in [6, 6.07) is 53.3. The minimum atomic E-state index is 0.860. The molecule has 0 radical (unpaired) electrons. The first kappa shape index (κ1) is 22.1. The fourth-order valence-electron chi connectivity index (χ4n) is 5.17. The van der Waals surface area contributed by atoms with Gasteiger partial charge in [-0.05, 0) is 88.0 Å². The van der Waals surface area contributed by atoms with Crippen molar-refractivity contribution in [3.63, 3.8) is 0 Å². The van der Waals surface area contributed by atoms with E-state index in [-0.39, 0.29) is 0 Å². The second kappa shape index (κ2) is 9.42. The summed E-state index contributed by atoms with van der Waals surface area (Å²) < 4.78 is 6.19. The third-order valence-electron chi connectivity index (χ3n) is 7.04. The number of rotatable bonds is 4. The summed E-state index contributed by atoms with van der Waals surface area (Å²) in [6.07, 6.45) is 0. The Balaban J connectivity index is 1.32. The van der Waals surface area contributed by atoms with Crippen LogP contribution in [0.15, 0.2) is 152 Å². The molecule has 6 aromatic rings. The van der Waals surface area contributed by atoms with Crippen molar-refractivity contribution in [3.8, 4) is 44.9 Å². The van der Waals surface area contributed by atoms with E-state index < -0.39 is 0 Å². The lowest BCUT2D eigenvalue weighted by Gasteiger charge is -2.32. The van der Waals surface area contributed by atoms with Crippen LogP contribution in [0.2, 0.25) is 0 Å². The van der Waals surface area contributed by atoms with Crippen LogP contribution in [0.4, 0.5) is 17.1 Å². The number of para-hydroxylation sites is 4. The second-order valence-electron chi connectivity index (χ2n) is 9.45. The van der Waals surface area contributed by atoms with Crippen LogP contribution < -0.4 is 9.64 Å². The number of nitrogens with zero attached hydrogens (tertiary/aromatic N) is 1. The molecule has 0 amide bonds. The second-order valence-corrected chi connectivity index (χ2v) is 9.45. The molecule has 1 aliphatic rings. The maximum atomic E-state index is 6.19. The predicted molar refractivity (Wildman–Crippen MR) is 158 cm³/mol. The van der Waals surface area contributed by atoms with Crippen molar-refractivity contribution in [3.05, 3.63) is 152 Å². The van der Waals surface area contributed by atoms with Crippen molar-refractivity contribution < 1.29 is 4.74 Å². The van der Waals surface area contributed by atoms with Gasteiger partial charge in [0.05, 0.1) is 11.4 Å². The van der Waals surface area contributed by atoms with Gasteiger partial charge < -0.3 is 9.64 Å². The van der Waals surface area contributed by atoms with E-state index in [1.54, 1.807) is 0 Å². The summed E-state index contributed by atoms with van der Waals surface area (Å²) >= 11 is 0. The van der Waals surface area contributed by atoms with Gasteiger partial charge in [-0.1, -0.05) is 97.1 Å². The van der Waals surface area contributed by atoms with E-state index in [4.69, 9.17) is 4.74 Å². The molecule has 38 heavy (non-hydrogen) atoms. The van der Waals surface area contributed by atoms with Gasteiger partial charge in [0.15, 0.2) is 11.5 Å². The van der Waals surface area contributed by atoms with Crippen LogP contribution in [0.1, 0.15) is 0 Å². The Bertz CT molecular complexity index is 1620. The zero-order chi connectivity index (χ0) is 25.3. The highest BCUT2D eigenvalue weighted by Crippen LogP contribution is 2.50. The van der Waals surface area contributed by atoms with Crippen LogP contribution in [-0.4, -0.2) is 0 Å². The lowest BCUT2D eigenvalue weighted by molar-refractivity contribution is 0.477. The molecule has 2 nitrogen and oxygen atoms in total. The van der Waals surface area contributed by atoms with Gasteiger partial charge >= 0.3 is 0 Å². The Morgan fingerprint density at radius 1 is 0.342 bits per heavy atom. The molecule has 0 spiro atoms.